The molecule has 0 bridgehead atoms. The normalized spacial score (nSPS) is 11.0. The van der Waals surface area contributed by atoms with Gasteiger partial charge < -0.3 is 10.1 Å². The van der Waals surface area contributed by atoms with Gasteiger partial charge >= 0.3 is 0 Å². The Morgan fingerprint density at radius 1 is 1.17 bits per heavy atom. The molecule has 158 valence electrons. The van der Waals surface area contributed by atoms with Crippen LogP contribution in [0.25, 0.3) is 0 Å². The topological polar surface area (TPSA) is 123 Å². The fourth-order valence-corrected chi connectivity index (χ4v) is 3.39. The standard InChI is InChI=1S/C19H18Br2N4O5/c1-11-7-17(14(21)9-13(11)20)30-10-19(27)24-23-12(2)8-18(26)22-15-5-3-4-6-16(15)25(28)29/h3-7,9H,8,10H2,1-2H3,(H,22,26)(H,24,27)/b23-12+. The predicted octanol–water partition coefficient (Wildman–Crippen LogP) is 4.33. The molecule has 0 aliphatic heterocycles. The molecule has 0 saturated heterocycles. The number of nitro benzene ring substituents is 1. The van der Waals surface area contributed by atoms with Gasteiger partial charge in [0.1, 0.15) is 11.4 Å². The van der Waals surface area contributed by atoms with Crippen LogP contribution in [0.5, 0.6) is 5.75 Å². The van der Waals surface area contributed by atoms with Crippen LogP contribution in [0.4, 0.5) is 11.4 Å². The first kappa shape index (κ1) is 23.5. The van der Waals surface area contributed by atoms with Crippen LogP contribution in [-0.4, -0.2) is 29.1 Å². The van der Waals surface area contributed by atoms with Crippen LogP contribution < -0.4 is 15.5 Å². The number of ether oxygens (including phenoxy) is 1. The number of hydrogen-bond donors (Lipinski definition) is 2. The van der Waals surface area contributed by atoms with Gasteiger partial charge in [-0.2, -0.15) is 5.10 Å². The second kappa shape index (κ2) is 10.8. The molecular weight excluding hydrogens is 524 g/mol. The average Bonchev–Trinajstić information content (AvgIpc) is 2.68. The molecule has 0 radical (unpaired) electrons. The number of carbonyl (C=O) groups is 2. The summed E-state index contributed by atoms with van der Waals surface area (Å²) in [7, 11) is 0. The van der Waals surface area contributed by atoms with Gasteiger partial charge in [-0.3, -0.25) is 19.7 Å². The fourth-order valence-electron chi connectivity index (χ4n) is 2.28. The van der Waals surface area contributed by atoms with Gasteiger partial charge in [0.05, 0.1) is 15.8 Å². The van der Waals surface area contributed by atoms with E-state index in [-0.39, 0.29) is 24.4 Å². The maximum atomic E-state index is 12.1. The quantitative estimate of drug-likeness (QED) is 0.292. The lowest BCUT2D eigenvalue weighted by Crippen LogP contribution is -2.26. The average molecular weight is 542 g/mol. The van der Waals surface area contributed by atoms with Crippen molar-refractivity contribution in [2.75, 3.05) is 11.9 Å². The van der Waals surface area contributed by atoms with Crippen molar-refractivity contribution >= 4 is 60.8 Å². The molecule has 2 amide bonds. The third-order valence-electron chi connectivity index (χ3n) is 3.73. The first-order valence-electron chi connectivity index (χ1n) is 8.61. The molecule has 0 saturated carbocycles. The van der Waals surface area contributed by atoms with Crippen LogP contribution >= 0.6 is 31.9 Å². The number of anilines is 1. The van der Waals surface area contributed by atoms with Crippen LogP contribution in [0, 0.1) is 17.0 Å². The number of hydrogen-bond acceptors (Lipinski definition) is 6. The largest absolute Gasteiger partial charge is 0.483 e. The summed E-state index contributed by atoms with van der Waals surface area (Å²) in [6, 6.07) is 9.41. The Morgan fingerprint density at radius 3 is 2.57 bits per heavy atom. The van der Waals surface area contributed by atoms with Gasteiger partial charge in [-0.1, -0.05) is 28.1 Å². The maximum Gasteiger partial charge on any atom is 0.292 e. The van der Waals surface area contributed by atoms with Crippen LogP contribution in [0.15, 0.2) is 50.4 Å². The highest BCUT2D eigenvalue weighted by atomic mass is 79.9. The summed E-state index contributed by atoms with van der Waals surface area (Å²) in [5.41, 5.74) is 3.46. The lowest BCUT2D eigenvalue weighted by atomic mass is 10.2. The van der Waals surface area contributed by atoms with E-state index in [4.69, 9.17) is 4.74 Å². The second-order valence-corrected chi connectivity index (χ2v) is 7.91. The molecule has 11 heteroatoms. The number of para-hydroxylation sites is 2. The van der Waals surface area contributed by atoms with E-state index in [1.807, 2.05) is 13.0 Å². The second-order valence-electron chi connectivity index (χ2n) is 6.20. The molecule has 0 fully saturated rings. The SMILES string of the molecule is C/C(CC(=O)Nc1ccccc1[N+](=O)[O-])=N\NC(=O)COc1cc(C)c(Br)cc1Br. The molecule has 0 spiro atoms. The van der Waals surface area contributed by atoms with Crippen molar-refractivity contribution in [2.24, 2.45) is 5.10 Å². The van der Waals surface area contributed by atoms with Gasteiger partial charge in [0.25, 0.3) is 11.6 Å². The van der Waals surface area contributed by atoms with E-state index in [1.165, 1.54) is 18.2 Å². The number of benzene rings is 2. The molecule has 0 aromatic heterocycles. The lowest BCUT2D eigenvalue weighted by Gasteiger charge is -2.10. The van der Waals surface area contributed by atoms with Gasteiger partial charge in [-0.05, 0) is 53.5 Å². The highest BCUT2D eigenvalue weighted by Crippen LogP contribution is 2.31. The Labute approximate surface area is 189 Å². The van der Waals surface area contributed by atoms with Crippen molar-refractivity contribution in [1.82, 2.24) is 5.43 Å². The summed E-state index contributed by atoms with van der Waals surface area (Å²) >= 11 is 6.76. The summed E-state index contributed by atoms with van der Waals surface area (Å²) < 4.78 is 7.07. The van der Waals surface area contributed by atoms with E-state index in [0.717, 1.165) is 10.0 Å². The number of nitro groups is 1. The van der Waals surface area contributed by atoms with E-state index in [1.54, 1.807) is 19.1 Å². The molecule has 2 N–H and O–H groups in total. The van der Waals surface area contributed by atoms with Crippen LogP contribution in [0.2, 0.25) is 0 Å². The van der Waals surface area contributed by atoms with Crippen molar-refractivity contribution in [3.8, 4) is 5.75 Å². The summed E-state index contributed by atoms with van der Waals surface area (Å²) in [6.45, 7) is 3.18. The zero-order valence-electron chi connectivity index (χ0n) is 16.1. The predicted molar refractivity (Wildman–Crippen MR) is 120 cm³/mol. The van der Waals surface area contributed by atoms with Crippen LogP contribution in [0.1, 0.15) is 18.9 Å². The first-order valence-corrected chi connectivity index (χ1v) is 10.2. The highest BCUT2D eigenvalue weighted by Gasteiger charge is 2.15. The smallest absolute Gasteiger partial charge is 0.292 e. The Balaban J connectivity index is 1.86. The van der Waals surface area contributed by atoms with E-state index in [2.05, 4.69) is 47.7 Å². The summed E-state index contributed by atoms with van der Waals surface area (Å²) in [5.74, 6) is -0.485. The number of carbonyl (C=O) groups excluding carboxylic acids is 2. The summed E-state index contributed by atoms with van der Waals surface area (Å²) in [6.07, 6.45) is -0.148. The molecule has 0 atom stereocenters. The van der Waals surface area contributed by atoms with Crippen molar-refractivity contribution in [3.05, 3.63) is 61.0 Å². The molecule has 0 heterocycles. The zero-order chi connectivity index (χ0) is 22.3. The highest BCUT2D eigenvalue weighted by molar-refractivity contribution is 9.11. The number of aryl methyl sites for hydroxylation is 1. The van der Waals surface area contributed by atoms with Gasteiger partial charge in [0.2, 0.25) is 5.91 Å². The van der Waals surface area contributed by atoms with Crippen molar-refractivity contribution in [2.45, 2.75) is 20.3 Å². The minimum atomic E-state index is -0.581. The Bertz CT molecular complexity index is 1010. The Hall–Kier alpha value is -2.79. The molecule has 2 rings (SSSR count). The third kappa shape index (κ3) is 6.92. The summed E-state index contributed by atoms with van der Waals surface area (Å²) in [5, 5.41) is 17.3. The maximum absolute atomic E-state index is 12.1. The molecule has 0 aliphatic carbocycles. The number of rotatable bonds is 8. The van der Waals surface area contributed by atoms with Crippen molar-refractivity contribution < 1.29 is 19.2 Å². The van der Waals surface area contributed by atoms with Crippen molar-refractivity contribution in [1.29, 1.82) is 0 Å². The summed E-state index contributed by atoms with van der Waals surface area (Å²) in [4.78, 5) is 34.4. The van der Waals surface area contributed by atoms with Crippen LogP contribution in [-0.2, 0) is 9.59 Å². The van der Waals surface area contributed by atoms with E-state index in [9.17, 15) is 19.7 Å². The molecule has 2 aromatic rings. The molecule has 0 aliphatic rings. The van der Waals surface area contributed by atoms with Gasteiger partial charge in [-0.25, -0.2) is 5.43 Å². The number of halogens is 2. The molecule has 0 unspecified atom stereocenters. The van der Waals surface area contributed by atoms with Gasteiger partial charge in [0, 0.05) is 16.3 Å². The first-order chi connectivity index (χ1) is 14.2. The minimum absolute atomic E-state index is 0.0908. The number of nitrogens with one attached hydrogen (secondary N) is 2. The van der Waals surface area contributed by atoms with Gasteiger partial charge in [-0.15, -0.1) is 0 Å². The van der Waals surface area contributed by atoms with Crippen LogP contribution in [0.3, 0.4) is 0 Å². The molecule has 2 aromatic carbocycles. The zero-order valence-corrected chi connectivity index (χ0v) is 19.2. The Kier molecular flexibility index (Phi) is 8.48. The van der Waals surface area contributed by atoms with E-state index >= 15 is 0 Å². The third-order valence-corrected chi connectivity index (χ3v) is 5.21. The molecule has 9 nitrogen and oxygen atoms in total. The lowest BCUT2D eigenvalue weighted by molar-refractivity contribution is -0.383. The molecule has 30 heavy (non-hydrogen) atoms. The van der Waals surface area contributed by atoms with E-state index in [0.29, 0.717) is 15.9 Å². The number of amides is 2. The van der Waals surface area contributed by atoms with Gasteiger partial charge in [0.15, 0.2) is 6.61 Å². The fraction of sp³-hybridized carbons (Fsp3) is 0.211. The Morgan fingerprint density at radius 2 is 1.87 bits per heavy atom. The number of nitrogens with zero attached hydrogens (tertiary/aromatic N) is 2. The van der Waals surface area contributed by atoms with E-state index < -0.39 is 16.7 Å². The number of hydrazone groups is 1. The molecular formula is C19H18Br2N4O5. The van der Waals surface area contributed by atoms with Crippen molar-refractivity contribution in [3.63, 3.8) is 0 Å². The minimum Gasteiger partial charge on any atom is -0.483 e. The monoisotopic (exact) mass is 540 g/mol.